The van der Waals surface area contributed by atoms with Gasteiger partial charge in [0.25, 0.3) is 5.56 Å². The molecule has 0 saturated carbocycles. The van der Waals surface area contributed by atoms with E-state index in [1.54, 1.807) is 49.5 Å². The Morgan fingerprint density at radius 1 is 1.25 bits per heavy atom. The van der Waals surface area contributed by atoms with Gasteiger partial charge in [-0.2, -0.15) is 0 Å². The Labute approximate surface area is 142 Å². The van der Waals surface area contributed by atoms with Crippen molar-refractivity contribution in [2.24, 2.45) is 0 Å². The van der Waals surface area contributed by atoms with Gasteiger partial charge in [-0.25, -0.2) is 14.8 Å². The Morgan fingerprint density at radius 2 is 2.04 bits per heavy atom. The first-order chi connectivity index (χ1) is 11.6. The van der Waals surface area contributed by atoms with Gasteiger partial charge in [0.05, 0.1) is 16.5 Å². The van der Waals surface area contributed by atoms with E-state index >= 15 is 0 Å². The van der Waals surface area contributed by atoms with Crippen LogP contribution < -0.4 is 5.56 Å². The summed E-state index contributed by atoms with van der Waals surface area (Å²) in [4.78, 5) is 35.7. The monoisotopic (exact) mass is 341 g/mol. The summed E-state index contributed by atoms with van der Waals surface area (Å²) < 4.78 is 5.44. The molecule has 1 N–H and O–H groups in total. The van der Waals surface area contributed by atoms with Gasteiger partial charge in [0, 0.05) is 6.20 Å². The zero-order valence-electron chi connectivity index (χ0n) is 13.1. The number of benzene rings is 1. The minimum atomic E-state index is -0.690. The molecule has 2 heterocycles. The van der Waals surface area contributed by atoms with Crippen molar-refractivity contribution in [3.8, 4) is 0 Å². The lowest BCUT2D eigenvalue weighted by atomic mass is 10.2. The first-order valence-electron chi connectivity index (χ1n) is 7.29. The third kappa shape index (κ3) is 3.16. The average molecular weight is 341 g/mol. The molecule has 0 fully saturated rings. The molecule has 1 aromatic carbocycles. The Bertz CT molecular complexity index is 955. The van der Waals surface area contributed by atoms with Gasteiger partial charge in [-0.1, -0.05) is 12.1 Å². The van der Waals surface area contributed by atoms with E-state index in [4.69, 9.17) is 4.74 Å². The summed E-state index contributed by atoms with van der Waals surface area (Å²) >= 11 is 1.37. The predicted molar refractivity (Wildman–Crippen MR) is 92.2 cm³/mol. The van der Waals surface area contributed by atoms with Gasteiger partial charge < -0.3 is 9.72 Å². The van der Waals surface area contributed by atoms with Crippen molar-refractivity contribution < 1.29 is 9.53 Å². The molecule has 3 rings (SSSR count). The molecule has 0 aliphatic heterocycles. The van der Waals surface area contributed by atoms with Crippen molar-refractivity contribution >= 4 is 28.6 Å². The fourth-order valence-corrected chi connectivity index (χ4v) is 2.82. The normalized spacial score (nSPS) is 12.1. The van der Waals surface area contributed by atoms with Crippen molar-refractivity contribution in [3.05, 3.63) is 64.3 Å². The molecule has 0 unspecified atom stereocenters. The first-order valence-corrected chi connectivity index (χ1v) is 8.51. The van der Waals surface area contributed by atoms with E-state index in [1.165, 1.54) is 11.8 Å². The van der Waals surface area contributed by atoms with Crippen LogP contribution in [0.2, 0.25) is 0 Å². The van der Waals surface area contributed by atoms with E-state index in [9.17, 15) is 9.59 Å². The molecule has 122 valence electrons. The number of carbonyl (C=O) groups excluding carboxylic acids is 1. The lowest BCUT2D eigenvalue weighted by Gasteiger charge is -2.14. The Morgan fingerprint density at radius 3 is 2.83 bits per heavy atom. The maximum atomic E-state index is 12.4. The van der Waals surface area contributed by atoms with E-state index in [0.29, 0.717) is 27.3 Å². The molecule has 0 radical (unpaired) electrons. The smallest absolute Gasteiger partial charge is 0.341 e. The molecule has 0 aliphatic rings. The van der Waals surface area contributed by atoms with E-state index in [1.807, 2.05) is 6.26 Å². The lowest BCUT2D eigenvalue weighted by molar-refractivity contribution is 0.0315. The molecule has 1 atom stereocenters. The zero-order valence-corrected chi connectivity index (χ0v) is 14.0. The molecule has 0 saturated heterocycles. The maximum Gasteiger partial charge on any atom is 0.341 e. The number of hydrogen-bond acceptors (Lipinski definition) is 6. The first kappa shape index (κ1) is 16.2. The second kappa shape index (κ2) is 6.84. The van der Waals surface area contributed by atoms with Crippen LogP contribution in [-0.4, -0.2) is 27.2 Å². The summed E-state index contributed by atoms with van der Waals surface area (Å²) in [5.74, 6) is -0.197. The van der Waals surface area contributed by atoms with E-state index in [-0.39, 0.29) is 5.56 Å². The van der Waals surface area contributed by atoms with Crippen LogP contribution in [0.5, 0.6) is 0 Å². The van der Waals surface area contributed by atoms with Crippen molar-refractivity contribution in [2.45, 2.75) is 18.1 Å². The lowest BCUT2D eigenvalue weighted by Crippen LogP contribution is -2.18. The number of aromatic amines is 1. The average Bonchev–Trinajstić information content (AvgIpc) is 2.61. The van der Waals surface area contributed by atoms with Crippen LogP contribution in [0.3, 0.4) is 0 Å². The molecule has 0 aliphatic carbocycles. The summed E-state index contributed by atoms with van der Waals surface area (Å²) in [6.07, 6.45) is 2.77. The molecule has 6 nitrogen and oxygen atoms in total. The number of H-pyrrole nitrogens is 1. The fourth-order valence-electron chi connectivity index (χ4n) is 2.29. The number of fused-ring (bicyclic) bond motifs is 1. The Kier molecular flexibility index (Phi) is 4.61. The molecule has 0 amide bonds. The van der Waals surface area contributed by atoms with Crippen LogP contribution in [0, 0.1) is 0 Å². The number of thioether (sulfide) groups is 1. The van der Waals surface area contributed by atoms with E-state index in [2.05, 4.69) is 15.0 Å². The van der Waals surface area contributed by atoms with Gasteiger partial charge in [0.1, 0.15) is 5.03 Å². The number of rotatable bonds is 4. The number of para-hydroxylation sites is 1. The summed E-state index contributed by atoms with van der Waals surface area (Å²) in [5, 5.41) is 1.09. The van der Waals surface area contributed by atoms with Crippen molar-refractivity contribution in [1.29, 1.82) is 0 Å². The molecule has 24 heavy (non-hydrogen) atoms. The standard InChI is InChI=1S/C17H15N3O3S/c1-10(23-17(22)12-7-5-9-18-16(12)24-2)14-19-13-8-4-3-6-11(13)15(21)20-14/h3-10H,1-2H3,(H,19,20,21)/t10-/m0/s1. The SMILES string of the molecule is CSc1ncccc1C(=O)O[C@@H](C)c1nc2ccccc2c(=O)[nH]1. The highest BCUT2D eigenvalue weighted by molar-refractivity contribution is 7.98. The number of hydrogen-bond donors (Lipinski definition) is 1. The quantitative estimate of drug-likeness (QED) is 0.580. The van der Waals surface area contributed by atoms with Crippen LogP contribution in [0.25, 0.3) is 10.9 Å². The summed E-state index contributed by atoms with van der Waals surface area (Å²) in [7, 11) is 0. The van der Waals surface area contributed by atoms with Gasteiger partial charge in [-0.3, -0.25) is 4.79 Å². The van der Waals surface area contributed by atoms with E-state index < -0.39 is 12.1 Å². The van der Waals surface area contributed by atoms with Crippen LogP contribution in [0.1, 0.15) is 29.2 Å². The van der Waals surface area contributed by atoms with Crippen molar-refractivity contribution in [2.75, 3.05) is 6.26 Å². The van der Waals surface area contributed by atoms with Crippen molar-refractivity contribution in [1.82, 2.24) is 15.0 Å². The fraction of sp³-hybridized carbons (Fsp3) is 0.176. The predicted octanol–water partition coefficient (Wildman–Crippen LogP) is 2.96. The third-order valence-electron chi connectivity index (χ3n) is 3.48. The highest BCUT2D eigenvalue weighted by Gasteiger charge is 2.19. The molecular weight excluding hydrogens is 326 g/mol. The number of pyridine rings is 1. The molecule has 0 bridgehead atoms. The summed E-state index contributed by atoms with van der Waals surface area (Å²) in [5.41, 5.74) is 0.690. The topological polar surface area (TPSA) is 84.9 Å². The number of nitrogens with one attached hydrogen (secondary N) is 1. The Balaban J connectivity index is 1.88. The largest absolute Gasteiger partial charge is 0.451 e. The summed E-state index contributed by atoms with van der Waals surface area (Å²) in [6.45, 7) is 1.67. The van der Waals surface area contributed by atoms with Crippen molar-refractivity contribution in [3.63, 3.8) is 0 Å². The highest BCUT2D eigenvalue weighted by atomic mass is 32.2. The Hall–Kier alpha value is -2.67. The highest BCUT2D eigenvalue weighted by Crippen LogP contribution is 2.21. The third-order valence-corrected chi connectivity index (χ3v) is 4.20. The minimum Gasteiger partial charge on any atom is -0.451 e. The number of esters is 1. The second-order valence-corrected chi connectivity index (χ2v) is 5.87. The molecule has 3 aromatic rings. The number of aromatic nitrogens is 3. The van der Waals surface area contributed by atoms with Gasteiger partial charge in [-0.05, 0) is 37.4 Å². The van der Waals surface area contributed by atoms with Crippen LogP contribution >= 0.6 is 11.8 Å². The zero-order chi connectivity index (χ0) is 17.1. The summed E-state index contributed by atoms with van der Waals surface area (Å²) in [6, 6.07) is 10.4. The van der Waals surface area contributed by atoms with Gasteiger partial charge in [0.15, 0.2) is 11.9 Å². The van der Waals surface area contributed by atoms with Crippen LogP contribution in [0.15, 0.2) is 52.4 Å². The number of ether oxygens (including phenoxy) is 1. The number of nitrogens with zero attached hydrogens (tertiary/aromatic N) is 2. The molecule has 2 aromatic heterocycles. The molecule has 0 spiro atoms. The maximum absolute atomic E-state index is 12.4. The van der Waals surface area contributed by atoms with Gasteiger partial charge in [-0.15, -0.1) is 11.8 Å². The number of carbonyl (C=O) groups is 1. The molecule has 7 heteroatoms. The van der Waals surface area contributed by atoms with Crippen LogP contribution in [-0.2, 0) is 4.74 Å². The minimum absolute atomic E-state index is 0.260. The van der Waals surface area contributed by atoms with Gasteiger partial charge in [0.2, 0.25) is 0 Å². The van der Waals surface area contributed by atoms with Crippen LogP contribution in [0.4, 0.5) is 0 Å². The molecular formula is C17H15N3O3S. The van der Waals surface area contributed by atoms with Gasteiger partial charge >= 0.3 is 5.97 Å². The van der Waals surface area contributed by atoms with E-state index in [0.717, 1.165) is 0 Å². The second-order valence-electron chi connectivity index (χ2n) is 5.08.